The van der Waals surface area contributed by atoms with E-state index in [1.165, 1.54) is 36.4 Å². The molecule has 0 bridgehead atoms. The van der Waals surface area contributed by atoms with Gasteiger partial charge in [0.2, 0.25) is 10.0 Å². The van der Waals surface area contributed by atoms with Crippen LogP contribution in [0.4, 0.5) is 5.69 Å². The lowest BCUT2D eigenvalue weighted by Gasteiger charge is -2.33. The molecule has 1 heterocycles. The number of hydrogen-bond donors (Lipinski definition) is 1. The molecule has 0 radical (unpaired) electrons. The number of carbonyl (C=O) groups excluding carboxylic acids is 1. The van der Waals surface area contributed by atoms with Crippen molar-refractivity contribution in [3.8, 4) is 5.75 Å². The third-order valence-corrected chi connectivity index (χ3v) is 7.26. The fourth-order valence-corrected chi connectivity index (χ4v) is 5.53. The Labute approximate surface area is 159 Å². The van der Waals surface area contributed by atoms with Crippen LogP contribution >= 0.6 is 11.8 Å². The van der Waals surface area contributed by atoms with E-state index >= 15 is 0 Å². The van der Waals surface area contributed by atoms with Gasteiger partial charge in [0.25, 0.3) is 5.91 Å². The summed E-state index contributed by atoms with van der Waals surface area (Å²) >= 11 is 1.92. The molecule has 26 heavy (non-hydrogen) atoms. The van der Waals surface area contributed by atoms with Gasteiger partial charge in [-0.25, -0.2) is 8.42 Å². The largest absolute Gasteiger partial charge is 0.476 e. The van der Waals surface area contributed by atoms with Crippen LogP contribution in [0.15, 0.2) is 24.3 Å². The number of fused-ring (bicyclic) bond motifs is 1. The molecule has 1 aromatic carbocycles. The van der Waals surface area contributed by atoms with Crippen molar-refractivity contribution in [1.29, 1.82) is 0 Å². The van der Waals surface area contributed by atoms with Crippen LogP contribution < -0.4 is 14.4 Å². The number of anilines is 1. The highest BCUT2D eigenvalue weighted by Crippen LogP contribution is 2.34. The number of amides is 1. The minimum absolute atomic E-state index is 0.00253. The minimum atomic E-state index is -3.48. The average Bonchev–Trinajstić information content (AvgIpc) is 2.64. The Bertz CT molecular complexity index is 732. The maximum absolute atomic E-state index is 12.5. The number of rotatable bonds is 6. The molecule has 2 aliphatic rings. The second-order valence-corrected chi connectivity index (χ2v) is 10.1. The maximum Gasteiger partial charge on any atom is 0.263 e. The molecule has 1 N–H and O–H groups in total. The van der Waals surface area contributed by atoms with E-state index < -0.39 is 16.1 Å². The van der Waals surface area contributed by atoms with E-state index in [0.29, 0.717) is 23.2 Å². The molecule has 8 heteroatoms. The smallest absolute Gasteiger partial charge is 0.263 e. The number of thioether (sulfide) groups is 1. The third-order valence-electron chi connectivity index (χ3n) is 4.73. The van der Waals surface area contributed by atoms with Gasteiger partial charge in [0.1, 0.15) is 5.75 Å². The Morgan fingerprint density at radius 2 is 2.00 bits per heavy atom. The van der Waals surface area contributed by atoms with Crippen LogP contribution in [0.3, 0.4) is 0 Å². The zero-order valence-corrected chi connectivity index (χ0v) is 16.7. The van der Waals surface area contributed by atoms with Crippen molar-refractivity contribution in [3.05, 3.63) is 24.3 Å². The minimum Gasteiger partial charge on any atom is -0.476 e. The number of para-hydroxylation sites is 2. The van der Waals surface area contributed by atoms with Gasteiger partial charge < -0.3 is 10.1 Å². The molecular formula is C18H26N2O4S2. The fraction of sp³-hybridized carbons (Fsp3) is 0.611. The van der Waals surface area contributed by atoms with Gasteiger partial charge in [0.05, 0.1) is 18.5 Å². The van der Waals surface area contributed by atoms with Crippen LogP contribution in [0.5, 0.6) is 5.75 Å². The highest BCUT2D eigenvalue weighted by atomic mass is 32.2. The van der Waals surface area contributed by atoms with Crippen LogP contribution in [0.25, 0.3) is 0 Å². The molecule has 3 rings (SSSR count). The first kappa shape index (κ1) is 19.4. The molecule has 1 fully saturated rings. The van der Waals surface area contributed by atoms with E-state index in [-0.39, 0.29) is 12.5 Å². The predicted molar refractivity (Wildman–Crippen MR) is 105 cm³/mol. The molecule has 1 atom stereocenters. The van der Waals surface area contributed by atoms with Crippen molar-refractivity contribution < 1.29 is 17.9 Å². The standard InChI is InChI=1S/C18H26N2O4S2/c1-26(22,23)20-13-17(24-16-10-6-5-9-15(16)20)18(21)19-11-12-25-14-7-3-2-4-8-14/h5-6,9-10,14,17H,2-4,7-8,11-13H2,1H3,(H,19,21). The number of ether oxygens (including phenoxy) is 1. The Hall–Kier alpha value is -1.41. The topological polar surface area (TPSA) is 75.7 Å². The molecule has 1 aliphatic heterocycles. The number of nitrogens with one attached hydrogen (secondary N) is 1. The van der Waals surface area contributed by atoms with E-state index in [1.807, 2.05) is 11.8 Å². The van der Waals surface area contributed by atoms with Gasteiger partial charge >= 0.3 is 0 Å². The zero-order valence-electron chi connectivity index (χ0n) is 15.0. The average molecular weight is 399 g/mol. The van der Waals surface area contributed by atoms with Crippen molar-refractivity contribution >= 4 is 33.4 Å². The molecule has 1 amide bonds. The molecule has 0 saturated heterocycles. The summed E-state index contributed by atoms with van der Waals surface area (Å²) in [6.07, 6.45) is 6.80. The summed E-state index contributed by atoms with van der Waals surface area (Å²) in [5, 5.41) is 3.60. The fourth-order valence-electron chi connectivity index (χ4n) is 3.40. The van der Waals surface area contributed by atoms with Crippen molar-refractivity contribution in [2.75, 3.05) is 29.4 Å². The number of hydrogen-bond acceptors (Lipinski definition) is 5. The molecule has 144 valence electrons. The van der Waals surface area contributed by atoms with E-state index in [0.717, 1.165) is 12.0 Å². The lowest BCUT2D eigenvalue weighted by Crippen LogP contribution is -2.50. The van der Waals surface area contributed by atoms with Gasteiger partial charge in [-0.15, -0.1) is 0 Å². The van der Waals surface area contributed by atoms with E-state index in [4.69, 9.17) is 4.74 Å². The van der Waals surface area contributed by atoms with Crippen molar-refractivity contribution in [2.45, 2.75) is 43.5 Å². The Morgan fingerprint density at radius 1 is 1.27 bits per heavy atom. The van der Waals surface area contributed by atoms with Crippen molar-refractivity contribution in [2.24, 2.45) is 0 Å². The van der Waals surface area contributed by atoms with Crippen molar-refractivity contribution in [1.82, 2.24) is 5.32 Å². The molecule has 1 unspecified atom stereocenters. The van der Waals surface area contributed by atoms with Crippen LogP contribution in [-0.2, 0) is 14.8 Å². The summed E-state index contributed by atoms with van der Waals surface area (Å²) in [5.41, 5.74) is 0.479. The Morgan fingerprint density at radius 3 is 2.73 bits per heavy atom. The Kier molecular flexibility index (Phi) is 6.34. The molecule has 0 spiro atoms. The number of nitrogens with zero attached hydrogens (tertiary/aromatic N) is 1. The zero-order chi connectivity index (χ0) is 18.6. The molecular weight excluding hydrogens is 372 g/mol. The normalized spacial score (nSPS) is 21.0. The first-order valence-electron chi connectivity index (χ1n) is 9.08. The molecule has 1 saturated carbocycles. The van der Waals surface area contributed by atoms with Gasteiger partial charge in [0.15, 0.2) is 6.10 Å². The second-order valence-electron chi connectivity index (χ2n) is 6.79. The Balaban J connectivity index is 1.54. The van der Waals surface area contributed by atoms with Crippen LogP contribution in [0.1, 0.15) is 32.1 Å². The maximum atomic E-state index is 12.5. The number of benzene rings is 1. The van der Waals surface area contributed by atoms with Gasteiger partial charge in [0, 0.05) is 17.5 Å². The highest BCUT2D eigenvalue weighted by molar-refractivity contribution is 7.99. The first-order valence-corrected chi connectivity index (χ1v) is 12.0. The lowest BCUT2D eigenvalue weighted by molar-refractivity contribution is -0.127. The summed E-state index contributed by atoms with van der Waals surface area (Å²) in [6, 6.07) is 6.89. The summed E-state index contributed by atoms with van der Waals surface area (Å²) in [4.78, 5) is 12.5. The van der Waals surface area contributed by atoms with Gasteiger partial charge in [-0.3, -0.25) is 9.10 Å². The summed E-state index contributed by atoms with van der Waals surface area (Å²) < 4.78 is 31.2. The second kappa shape index (κ2) is 8.52. The monoisotopic (exact) mass is 398 g/mol. The first-order chi connectivity index (χ1) is 12.4. The lowest BCUT2D eigenvalue weighted by atomic mass is 10.0. The van der Waals surface area contributed by atoms with E-state index in [1.54, 1.807) is 24.3 Å². The van der Waals surface area contributed by atoms with Crippen LogP contribution in [-0.4, -0.2) is 50.8 Å². The summed E-state index contributed by atoms with van der Waals surface area (Å²) in [6.45, 7) is 0.567. The SMILES string of the molecule is CS(=O)(=O)N1CC(C(=O)NCCSC2CCCCC2)Oc2ccccc21. The van der Waals surface area contributed by atoms with E-state index in [2.05, 4.69) is 5.32 Å². The number of carbonyl (C=O) groups is 1. The quantitative estimate of drug-likeness (QED) is 0.745. The van der Waals surface area contributed by atoms with Gasteiger partial charge in [-0.2, -0.15) is 11.8 Å². The third kappa shape index (κ3) is 4.85. The summed E-state index contributed by atoms with van der Waals surface area (Å²) in [5.74, 6) is 1.02. The van der Waals surface area contributed by atoms with Crippen LogP contribution in [0.2, 0.25) is 0 Å². The highest BCUT2D eigenvalue weighted by Gasteiger charge is 2.34. The number of sulfonamides is 1. The van der Waals surface area contributed by atoms with Gasteiger partial charge in [-0.05, 0) is 25.0 Å². The van der Waals surface area contributed by atoms with Crippen molar-refractivity contribution in [3.63, 3.8) is 0 Å². The molecule has 0 aromatic heterocycles. The molecule has 6 nitrogen and oxygen atoms in total. The summed E-state index contributed by atoms with van der Waals surface area (Å²) in [7, 11) is -3.48. The van der Waals surface area contributed by atoms with E-state index in [9.17, 15) is 13.2 Å². The van der Waals surface area contributed by atoms with Crippen LogP contribution in [0, 0.1) is 0 Å². The van der Waals surface area contributed by atoms with Gasteiger partial charge in [-0.1, -0.05) is 31.4 Å². The molecule has 1 aromatic rings. The molecule has 1 aliphatic carbocycles. The predicted octanol–water partition coefficient (Wildman–Crippen LogP) is 2.40.